The molecule has 2 rings (SSSR count). The molecule has 0 radical (unpaired) electrons. The Bertz CT molecular complexity index is 348. The van der Waals surface area contributed by atoms with E-state index in [1.807, 2.05) is 13.8 Å². The molecule has 1 aromatic carbocycles. The Balaban J connectivity index is 0.000000531. The van der Waals surface area contributed by atoms with Gasteiger partial charge in [-0.15, -0.1) is 0 Å². The summed E-state index contributed by atoms with van der Waals surface area (Å²) in [6.45, 7) is 6.04. The van der Waals surface area contributed by atoms with E-state index in [0.29, 0.717) is 24.2 Å². The van der Waals surface area contributed by atoms with Crippen molar-refractivity contribution in [1.29, 1.82) is 0 Å². The molecule has 0 N–H and O–H groups in total. The van der Waals surface area contributed by atoms with E-state index < -0.39 is 5.82 Å². The van der Waals surface area contributed by atoms with Gasteiger partial charge in [-0.1, -0.05) is 13.8 Å². The first-order chi connectivity index (χ1) is 7.20. The topological polar surface area (TPSA) is 9.23 Å². The Kier molecular flexibility index (Phi) is 4.06. The van der Waals surface area contributed by atoms with Crippen LogP contribution in [0.25, 0.3) is 0 Å². The van der Waals surface area contributed by atoms with E-state index in [1.165, 1.54) is 6.07 Å². The molecule has 0 amide bonds. The molecule has 1 heterocycles. The molecule has 15 heavy (non-hydrogen) atoms. The maximum Gasteiger partial charge on any atom is 0.165 e. The van der Waals surface area contributed by atoms with Crippen LogP contribution in [0.15, 0.2) is 6.07 Å². The average molecular weight is 214 g/mol. The molecule has 1 aliphatic rings. The number of hydrogen-bond donors (Lipinski definition) is 0. The number of fused-ring (bicyclic) bond motifs is 1. The molecule has 3 heteroatoms. The normalized spacial score (nSPS) is 13.4. The molecule has 0 unspecified atom stereocenters. The summed E-state index contributed by atoms with van der Waals surface area (Å²) >= 11 is 0. The summed E-state index contributed by atoms with van der Waals surface area (Å²) in [5.41, 5.74) is 0.741. The minimum absolute atomic E-state index is 0.106. The first-order valence-corrected chi connectivity index (χ1v) is 5.30. The van der Waals surface area contributed by atoms with Gasteiger partial charge in [-0.05, 0) is 31.4 Å². The molecule has 84 valence electrons. The lowest BCUT2D eigenvalue weighted by atomic mass is 10.0. The molecule has 0 fully saturated rings. The number of rotatable bonds is 0. The van der Waals surface area contributed by atoms with Crippen molar-refractivity contribution in [2.24, 2.45) is 0 Å². The second-order valence-corrected chi connectivity index (χ2v) is 3.25. The van der Waals surface area contributed by atoms with Crippen molar-refractivity contribution in [2.45, 2.75) is 33.6 Å². The van der Waals surface area contributed by atoms with Gasteiger partial charge in [0.25, 0.3) is 0 Å². The van der Waals surface area contributed by atoms with Crippen LogP contribution >= 0.6 is 0 Å². The summed E-state index contributed by atoms with van der Waals surface area (Å²) in [7, 11) is 0. The monoisotopic (exact) mass is 214 g/mol. The number of ether oxygens (including phenoxy) is 1. The van der Waals surface area contributed by atoms with Crippen molar-refractivity contribution in [3.8, 4) is 5.75 Å². The quantitative estimate of drug-likeness (QED) is 0.640. The second-order valence-electron chi connectivity index (χ2n) is 3.25. The van der Waals surface area contributed by atoms with Crippen LogP contribution in [0.2, 0.25) is 0 Å². The van der Waals surface area contributed by atoms with E-state index in [2.05, 4.69) is 0 Å². The van der Waals surface area contributed by atoms with Crippen LogP contribution < -0.4 is 4.74 Å². The Labute approximate surface area is 89.1 Å². The zero-order chi connectivity index (χ0) is 11.4. The van der Waals surface area contributed by atoms with Crippen LogP contribution in [0.5, 0.6) is 5.75 Å². The summed E-state index contributed by atoms with van der Waals surface area (Å²) < 4.78 is 31.7. The molecular formula is C12H16F2O. The smallest absolute Gasteiger partial charge is 0.165 e. The molecule has 0 aromatic heterocycles. The molecule has 1 nitrogen and oxygen atoms in total. The first kappa shape index (κ1) is 12.0. The Morgan fingerprint density at radius 1 is 1.27 bits per heavy atom. The largest absolute Gasteiger partial charge is 0.490 e. The zero-order valence-corrected chi connectivity index (χ0v) is 9.36. The fraction of sp³-hybridized carbons (Fsp3) is 0.500. The third-order valence-corrected chi connectivity index (χ3v) is 2.26. The molecule has 1 aromatic rings. The van der Waals surface area contributed by atoms with Crippen molar-refractivity contribution in [1.82, 2.24) is 0 Å². The highest BCUT2D eigenvalue weighted by Gasteiger charge is 2.20. The molecule has 0 atom stereocenters. The van der Waals surface area contributed by atoms with E-state index in [0.717, 1.165) is 6.42 Å². The van der Waals surface area contributed by atoms with Gasteiger partial charge >= 0.3 is 0 Å². The number of benzene rings is 1. The maximum absolute atomic E-state index is 13.4. The summed E-state index contributed by atoms with van der Waals surface area (Å²) in [5, 5.41) is 0. The van der Waals surface area contributed by atoms with Crippen LogP contribution in [0.1, 0.15) is 31.4 Å². The Morgan fingerprint density at radius 2 is 1.93 bits per heavy atom. The summed E-state index contributed by atoms with van der Waals surface area (Å²) in [5.74, 6) is -0.668. The van der Waals surface area contributed by atoms with Gasteiger partial charge in [-0.3, -0.25) is 0 Å². The van der Waals surface area contributed by atoms with Gasteiger partial charge in [0, 0.05) is 5.56 Å². The van der Waals surface area contributed by atoms with Crippen LogP contribution in [0, 0.1) is 18.6 Å². The van der Waals surface area contributed by atoms with E-state index >= 15 is 0 Å². The predicted molar refractivity (Wildman–Crippen MR) is 56.3 cm³/mol. The Hall–Kier alpha value is -1.12. The highest BCUT2D eigenvalue weighted by atomic mass is 19.1. The molecule has 0 spiro atoms. The summed E-state index contributed by atoms with van der Waals surface area (Å²) in [6.07, 6.45) is 1.33. The molecule has 0 bridgehead atoms. The molecule has 0 saturated carbocycles. The fourth-order valence-corrected chi connectivity index (χ4v) is 1.60. The third kappa shape index (κ3) is 2.28. The zero-order valence-electron chi connectivity index (χ0n) is 9.36. The van der Waals surface area contributed by atoms with Crippen molar-refractivity contribution in [3.63, 3.8) is 0 Å². The first-order valence-electron chi connectivity index (χ1n) is 5.30. The number of halogens is 2. The minimum Gasteiger partial charge on any atom is -0.490 e. The van der Waals surface area contributed by atoms with Gasteiger partial charge in [0.05, 0.1) is 6.61 Å². The lowest BCUT2D eigenvalue weighted by Crippen LogP contribution is -2.12. The lowest BCUT2D eigenvalue weighted by molar-refractivity contribution is 0.268. The fourth-order valence-electron chi connectivity index (χ4n) is 1.60. The van der Waals surface area contributed by atoms with Gasteiger partial charge in [0.15, 0.2) is 11.6 Å². The van der Waals surface area contributed by atoms with Gasteiger partial charge in [-0.2, -0.15) is 0 Å². The second kappa shape index (κ2) is 5.10. The highest BCUT2D eigenvalue weighted by Crippen LogP contribution is 2.31. The van der Waals surface area contributed by atoms with Crippen molar-refractivity contribution < 1.29 is 13.5 Å². The molecule has 0 aliphatic carbocycles. The Morgan fingerprint density at radius 3 is 2.60 bits per heavy atom. The van der Waals surface area contributed by atoms with Gasteiger partial charge in [-0.25, -0.2) is 8.78 Å². The predicted octanol–water partition coefficient (Wildman–Crippen LogP) is 3.62. The standard InChI is InChI=1S/C10H10F2O.C2H6/c1-6-5-8(11)10-7(9(6)12)3-2-4-13-10;1-2/h5H,2-4H2,1H3;1-2H3. The number of hydrogen-bond acceptors (Lipinski definition) is 1. The van der Waals surface area contributed by atoms with Crippen LogP contribution in [-0.4, -0.2) is 6.61 Å². The van der Waals surface area contributed by atoms with Crippen LogP contribution in [-0.2, 0) is 6.42 Å². The summed E-state index contributed by atoms with van der Waals surface area (Å²) in [6, 6.07) is 1.18. The average Bonchev–Trinajstić information content (AvgIpc) is 2.29. The molecular weight excluding hydrogens is 198 g/mol. The maximum atomic E-state index is 13.4. The van der Waals surface area contributed by atoms with Gasteiger partial charge in [0.1, 0.15) is 5.82 Å². The van der Waals surface area contributed by atoms with E-state index in [-0.39, 0.29) is 11.6 Å². The highest BCUT2D eigenvalue weighted by molar-refractivity contribution is 5.41. The van der Waals surface area contributed by atoms with Crippen LogP contribution in [0.4, 0.5) is 8.78 Å². The number of aryl methyl sites for hydroxylation is 1. The molecule has 0 saturated heterocycles. The minimum atomic E-state index is -0.450. The van der Waals surface area contributed by atoms with Gasteiger partial charge < -0.3 is 4.74 Å². The SMILES string of the molecule is CC.Cc1cc(F)c2c(c1F)CCCO2. The van der Waals surface area contributed by atoms with E-state index in [1.54, 1.807) is 6.92 Å². The van der Waals surface area contributed by atoms with Crippen LogP contribution in [0.3, 0.4) is 0 Å². The van der Waals surface area contributed by atoms with Crippen molar-refractivity contribution >= 4 is 0 Å². The summed E-state index contributed by atoms with van der Waals surface area (Å²) in [4.78, 5) is 0. The van der Waals surface area contributed by atoms with Crippen molar-refractivity contribution in [3.05, 3.63) is 28.8 Å². The van der Waals surface area contributed by atoms with Gasteiger partial charge in [0.2, 0.25) is 0 Å². The molecule has 1 aliphatic heterocycles. The van der Waals surface area contributed by atoms with E-state index in [4.69, 9.17) is 4.74 Å². The van der Waals surface area contributed by atoms with Crippen molar-refractivity contribution in [2.75, 3.05) is 6.61 Å². The van der Waals surface area contributed by atoms with E-state index in [9.17, 15) is 8.78 Å². The third-order valence-electron chi connectivity index (χ3n) is 2.26. The lowest BCUT2D eigenvalue weighted by Gasteiger charge is -2.19.